The van der Waals surface area contributed by atoms with Gasteiger partial charge in [0.2, 0.25) is 5.91 Å². The topological polar surface area (TPSA) is 102 Å². The van der Waals surface area contributed by atoms with Gasteiger partial charge in [0, 0.05) is 5.56 Å². The lowest BCUT2D eigenvalue weighted by Gasteiger charge is -2.10. The second kappa shape index (κ2) is 6.13. The first-order valence-corrected chi connectivity index (χ1v) is 8.18. The van der Waals surface area contributed by atoms with Crippen LogP contribution >= 0.6 is 0 Å². The Hall–Kier alpha value is -2.09. The molecule has 0 aromatic heterocycles. The number of benzene rings is 1. The molecule has 1 atom stereocenters. The summed E-state index contributed by atoms with van der Waals surface area (Å²) >= 11 is 0. The number of sulfone groups is 1. The molecule has 1 fully saturated rings. The standard InChI is InChI=1S/C13H16N2O5S/c1-20-11-4-2-9(3-5-11)12(16)14-15-13(17)10-6-7-21(18,19)8-10/h2-5,10H,6-8H2,1H3,(H,14,16)(H,15,17)/t10-/m0/s1. The molecule has 7 nitrogen and oxygen atoms in total. The number of ether oxygens (including phenoxy) is 1. The minimum absolute atomic E-state index is 0.0114. The number of amides is 2. The molecule has 0 saturated carbocycles. The zero-order valence-electron chi connectivity index (χ0n) is 11.5. The monoisotopic (exact) mass is 312 g/mol. The maximum atomic E-state index is 11.8. The summed E-state index contributed by atoms with van der Waals surface area (Å²) < 4.78 is 27.5. The van der Waals surface area contributed by atoms with E-state index in [1.165, 1.54) is 7.11 Å². The Labute approximate surface area is 122 Å². The molecule has 2 amide bonds. The van der Waals surface area contributed by atoms with Crippen molar-refractivity contribution in [3.63, 3.8) is 0 Å². The summed E-state index contributed by atoms with van der Waals surface area (Å²) in [5, 5.41) is 0. The maximum absolute atomic E-state index is 11.8. The molecule has 0 bridgehead atoms. The van der Waals surface area contributed by atoms with Crippen molar-refractivity contribution in [2.75, 3.05) is 18.6 Å². The predicted octanol–water partition coefficient (Wildman–Crippen LogP) is -0.109. The van der Waals surface area contributed by atoms with E-state index in [1.54, 1.807) is 24.3 Å². The minimum atomic E-state index is -3.13. The molecule has 1 heterocycles. The molecule has 1 aromatic carbocycles. The molecule has 114 valence electrons. The van der Waals surface area contributed by atoms with Crippen LogP contribution in [0.1, 0.15) is 16.8 Å². The van der Waals surface area contributed by atoms with Gasteiger partial charge in [-0.05, 0) is 30.7 Å². The molecule has 0 radical (unpaired) electrons. The Morgan fingerprint density at radius 3 is 2.38 bits per heavy atom. The van der Waals surface area contributed by atoms with Crippen LogP contribution in [0.25, 0.3) is 0 Å². The number of hydrogen-bond acceptors (Lipinski definition) is 5. The lowest BCUT2D eigenvalue weighted by Crippen LogP contribution is -2.44. The molecule has 1 aromatic rings. The highest BCUT2D eigenvalue weighted by molar-refractivity contribution is 7.91. The summed E-state index contributed by atoms with van der Waals surface area (Å²) in [4.78, 5) is 23.6. The molecule has 0 aliphatic carbocycles. The Kier molecular flexibility index (Phi) is 4.46. The molecule has 1 saturated heterocycles. The number of hydrazine groups is 1. The van der Waals surface area contributed by atoms with Crippen molar-refractivity contribution in [1.29, 1.82) is 0 Å². The van der Waals surface area contributed by atoms with Gasteiger partial charge in [0.05, 0.1) is 24.5 Å². The molecule has 0 unspecified atom stereocenters. The van der Waals surface area contributed by atoms with Crippen molar-refractivity contribution in [3.05, 3.63) is 29.8 Å². The molecular formula is C13H16N2O5S. The van der Waals surface area contributed by atoms with Crippen LogP contribution in [-0.2, 0) is 14.6 Å². The van der Waals surface area contributed by atoms with Gasteiger partial charge in [-0.2, -0.15) is 0 Å². The molecule has 8 heteroatoms. The van der Waals surface area contributed by atoms with Crippen LogP contribution < -0.4 is 15.6 Å². The van der Waals surface area contributed by atoms with E-state index in [9.17, 15) is 18.0 Å². The lowest BCUT2D eigenvalue weighted by molar-refractivity contribution is -0.125. The molecule has 0 spiro atoms. The van der Waals surface area contributed by atoms with Gasteiger partial charge < -0.3 is 4.74 Å². The van der Waals surface area contributed by atoms with Gasteiger partial charge in [0.15, 0.2) is 9.84 Å². The average molecular weight is 312 g/mol. The van der Waals surface area contributed by atoms with Gasteiger partial charge in [0.25, 0.3) is 5.91 Å². The third kappa shape index (κ3) is 3.94. The van der Waals surface area contributed by atoms with E-state index in [0.717, 1.165) is 0 Å². The summed E-state index contributed by atoms with van der Waals surface area (Å²) in [7, 11) is -1.61. The molecular weight excluding hydrogens is 296 g/mol. The first kappa shape index (κ1) is 15.3. The Morgan fingerprint density at radius 1 is 1.19 bits per heavy atom. The van der Waals surface area contributed by atoms with Crippen molar-refractivity contribution in [3.8, 4) is 5.75 Å². The molecule has 21 heavy (non-hydrogen) atoms. The van der Waals surface area contributed by atoms with Crippen LogP contribution in [0, 0.1) is 5.92 Å². The van der Waals surface area contributed by atoms with Crippen LogP contribution in [0.5, 0.6) is 5.75 Å². The summed E-state index contributed by atoms with van der Waals surface area (Å²) in [5.41, 5.74) is 4.88. The fraction of sp³-hybridized carbons (Fsp3) is 0.385. The van der Waals surface area contributed by atoms with E-state index in [2.05, 4.69) is 10.9 Å². The van der Waals surface area contributed by atoms with Gasteiger partial charge in [-0.25, -0.2) is 8.42 Å². The van der Waals surface area contributed by atoms with Crippen LogP contribution in [0.2, 0.25) is 0 Å². The largest absolute Gasteiger partial charge is 0.497 e. The van der Waals surface area contributed by atoms with E-state index in [4.69, 9.17) is 4.74 Å². The SMILES string of the molecule is COc1ccc(C(=O)NNC(=O)[C@H]2CCS(=O)(=O)C2)cc1. The van der Waals surface area contributed by atoms with Gasteiger partial charge in [-0.15, -0.1) is 0 Å². The Morgan fingerprint density at radius 2 is 1.86 bits per heavy atom. The van der Waals surface area contributed by atoms with Crippen LogP contribution in [0.15, 0.2) is 24.3 Å². The van der Waals surface area contributed by atoms with E-state index >= 15 is 0 Å². The van der Waals surface area contributed by atoms with Gasteiger partial charge >= 0.3 is 0 Å². The van der Waals surface area contributed by atoms with E-state index in [1.807, 2.05) is 0 Å². The molecule has 1 aliphatic heterocycles. The predicted molar refractivity (Wildman–Crippen MR) is 75.4 cm³/mol. The van der Waals surface area contributed by atoms with Crippen LogP contribution in [-0.4, -0.2) is 38.8 Å². The number of rotatable bonds is 3. The van der Waals surface area contributed by atoms with Gasteiger partial charge in [-0.1, -0.05) is 0 Å². The fourth-order valence-electron chi connectivity index (χ4n) is 2.04. The number of carbonyl (C=O) groups excluding carboxylic acids is 2. The van der Waals surface area contributed by atoms with Crippen molar-refractivity contribution in [1.82, 2.24) is 10.9 Å². The molecule has 2 rings (SSSR count). The van der Waals surface area contributed by atoms with Crippen molar-refractivity contribution in [2.24, 2.45) is 5.92 Å². The average Bonchev–Trinajstić information content (AvgIpc) is 2.84. The van der Waals surface area contributed by atoms with Gasteiger partial charge in [0.1, 0.15) is 5.75 Å². The quantitative estimate of drug-likeness (QED) is 0.758. The third-order valence-corrected chi connectivity index (χ3v) is 5.02. The maximum Gasteiger partial charge on any atom is 0.269 e. The van der Waals surface area contributed by atoms with E-state index in [-0.39, 0.29) is 17.9 Å². The molecule has 2 N–H and O–H groups in total. The zero-order chi connectivity index (χ0) is 15.5. The van der Waals surface area contributed by atoms with Crippen molar-refractivity contribution in [2.45, 2.75) is 6.42 Å². The van der Waals surface area contributed by atoms with E-state index < -0.39 is 27.6 Å². The Balaban J connectivity index is 1.87. The second-order valence-electron chi connectivity index (χ2n) is 4.77. The smallest absolute Gasteiger partial charge is 0.269 e. The highest BCUT2D eigenvalue weighted by atomic mass is 32.2. The first-order valence-electron chi connectivity index (χ1n) is 6.36. The lowest BCUT2D eigenvalue weighted by atomic mass is 10.1. The van der Waals surface area contributed by atoms with E-state index in [0.29, 0.717) is 11.3 Å². The summed E-state index contributed by atoms with van der Waals surface area (Å²) in [6.07, 6.45) is 0.284. The minimum Gasteiger partial charge on any atom is -0.497 e. The van der Waals surface area contributed by atoms with Crippen LogP contribution in [0.3, 0.4) is 0 Å². The van der Waals surface area contributed by atoms with Gasteiger partial charge in [-0.3, -0.25) is 20.4 Å². The number of hydrogen-bond donors (Lipinski definition) is 2. The highest BCUT2D eigenvalue weighted by Gasteiger charge is 2.33. The normalized spacial score (nSPS) is 19.8. The first-order chi connectivity index (χ1) is 9.91. The van der Waals surface area contributed by atoms with Crippen LogP contribution in [0.4, 0.5) is 0 Å². The highest BCUT2D eigenvalue weighted by Crippen LogP contribution is 2.18. The zero-order valence-corrected chi connectivity index (χ0v) is 12.3. The number of carbonyl (C=O) groups is 2. The summed E-state index contributed by atoms with van der Waals surface area (Å²) in [6, 6.07) is 6.36. The number of nitrogens with one attached hydrogen (secondary N) is 2. The second-order valence-corrected chi connectivity index (χ2v) is 7.00. The number of methoxy groups -OCH3 is 1. The molecule has 1 aliphatic rings. The summed E-state index contributed by atoms with van der Waals surface area (Å²) in [6.45, 7) is 0. The summed E-state index contributed by atoms with van der Waals surface area (Å²) in [5.74, 6) is -1.11. The fourth-order valence-corrected chi connectivity index (χ4v) is 3.78. The third-order valence-electron chi connectivity index (χ3n) is 3.25. The van der Waals surface area contributed by atoms with Crippen molar-refractivity contribution >= 4 is 21.7 Å². The van der Waals surface area contributed by atoms with Crippen molar-refractivity contribution < 1.29 is 22.7 Å². The Bertz CT molecular complexity index is 639.